The number of hydrogen-bond acceptors (Lipinski definition) is 2. The van der Waals surface area contributed by atoms with E-state index in [4.69, 9.17) is 0 Å². The van der Waals surface area contributed by atoms with Gasteiger partial charge in [-0.2, -0.15) is 0 Å². The van der Waals surface area contributed by atoms with E-state index in [0.29, 0.717) is 11.8 Å². The number of nitrogens with one attached hydrogen (secondary N) is 1. The Hall–Kier alpha value is -2.36. The lowest BCUT2D eigenvalue weighted by Crippen LogP contribution is -2.43. The highest BCUT2D eigenvalue weighted by Gasteiger charge is 2.44. The van der Waals surface area contributed by atoms with Crippen LogP contribution in [0.25, 0.3) is 0 Å². The summed E-state index contributed by atoms with van der Waals surface area (Å²) in [5, 5.41) is 3.03. The van der Waals surface area contributed by atoms with Gasteiger partial charge in [0.25, 0.3) is 5.91 Å². The van der Waals surface area contributed by atoms with Gasteiger partial charge in [0.1, 0.15) is 5.82 Å². The number of anilines is 2. The summed E-state index contributed by atoms with van der Waals surface area (Å²) in [7, 11) is 0. The van der Waals surface area contributed by atoms with E-state index < -0.39 is 5.82 Å². The van der Waals surface area contributed by atoms with Crippen LogP contribution >= 0.6 is 0 Å². The largest absolute Gasteiger partial charge is 0.370 e. The first kappa shape index (κ1) is 17.5. The number of benzene rings is 2. The number of nitrogens with zero attached hydrogens (tertiary/aromatic N) is 1. The molecular formula is C25H27FN2O. The summed E-state index contributed by atoms with van der Waals surface area (Å²) in [6, 6.07) is 10.6. The van der Waals surface area contributed by atoms with Crippen LogP contribution in [0.3, 0.4) is 0 Å². The van der Waals surface area contributed by atoms with Gasteiger partial charge in [0.2, 0.25) is 0 Å². The average molecular weight is 391 g/mol. The quantitative estimate of drug-likeness (QED) is 0.716. The van der Waals surface area contributed by atoms with Crippen molar-refractivity contribution in [3.05, 3.63) is 58.9 Å². The predicted molar refractivity (Wildman–Crippen MR) is 113 cm³/mol. The molecule has 29 heavy (non-hydrogen) atoms. The van der Waals surface area contributed by atoms with E-state index in [2.05, 4.69) is 22.3 Å². The van der Waals surface area contributed by atoms with Crippen LogP contribution in [0.4, 0.5) is 15.8 Å². The van der Waals surface area contributed by atoms with E-state index in [1.807, 2.05) is 0 Å². The zero-order valence-corrected chi connectivity index (χ0v) is 16.7. The van der Waals surface area contributed by atoms with Crippen molar-refractivity contribution in [2.24, 2.45) is 11.8 Å². The van der Waals surface area contributed by atoms with E-state index in [-0.39, 0.29) is 11.5 Å². The predicted octanol–water partition coefficient (Wildman–Crippen LogP) is 5.68. The van der Waals surface area contributed by atoms with E-state index >= 15 is 0 Å². The third kappa shape index (κ3) is 2.72. The first-order chi connectivity index (χ1) is 14.2. The van der Waals surface area contributed by atoms with Gasteiger partial charge in [-0.05, 0) is 84.7 Å². The number of carbonyl (C=O) groups is 1. The number of halogens is 1. The Bertz CT molecular complexity index is 942. The number of rotatable bonds is 2. The zero-order valence-electron chi connectivity index (χ0n) is 16.7. The second-order valence-corrected chi connectivity index (χ2v) is 9.44. The van der Waals surface area contributed by atoms with Crippen molar-refractivity contribution >= 4 is 17.3 Å². The zero-order chi connectivity index (χ0) is 19.5. The first-order valence-electron chi connectivity index (χ1n) is 11.2. The molecule has 6 rings (SSSR count). The Morgan fingerprint density at radius 1 is 0.931 bits per heavy atom. The highest BCUT2D eigenvalue weighted by molar-refractivity contribution is 6.04. The van der Waals surface area contributed by atoms with Gasteiger partial charge < -0.3 is 10.2 Å². The van der Waals surface area contributed by atoms with Crippen molar-refractivity contribution in [1.29, 1.82) is 0 Å². The van der Waals surface area contributed by atoms with Crippen LogP contribution in [-0.2, 0) is 0 Å². The molecule has 0 bridgehead atoms. The average Bonchev–Trinajstić information content (AvgIpc) is 3.37. The molecule has 150 valence electrons. The third-order valence-electron chi connectivity index (χ3n) is 7.89. The lowest BCUT2D eigenvalue weighted by Gasteiger charge is -2.46. The maximum absolute atomic E-state index is 14.1. The van der Waals surface area contributed by atoms with E-state index in [1.165, 1.54) is 74.5 Å². The summed E-state index contributed by atoms with van der Waals surface area (Å²) in [4.78, 5) is 15.4. The molecule has 1 N–H and O–H groups in total. The Kier molecular flexibility index (Phi) is 3.97. The number of amides is 1. The van der Waals surface area contributed by atoms with Gasteiger partial charge in [-0.15, -0.1) is 0 Å². The Labute approximate surface area is 171 Å². The molecule has 3 nitrogen and oxygen atoms in total. The van der Waals surface area contributed by atoms with Crippen LogP contribution < -0.4 is 10.2 Å². The number of fused-ring (bicyclic) bond motifs is 4. The minimum Gasteiger partial charge on any atom is -0.370 e. The fraction of sp³-hybridized carbons (Fsp3) is 0.480. The molecule has 0 aromatic heterocycles. The Morgan fingerprint density at radius 3 is 2.17 bits per heavy atom. The topological polar surface area (TPSA) is 32.3 Å². The molecule has 2 saturated carbocycles. The SMILES string of the molecule is O=C(Nc1cc2c3c(c1)C1CCCC1CN3CC1CCCC21)c1ccccc1F. The van der Waals surface area contributed by atoms with Gasteiger partial charge in [0.05, 0.1) is 5.56 Å². The Morgan fingerprint density at radius 2 is 1.55 bits per heavy atom. The maximum atomic E-state index is 14.1. The second kappa shape index (κ2) is 6.58. The summed E-state index contributed by atoms with van der Waals surface area (Å²) in [6.07, 6.45) is 7.74. The second-order valence-electron chi connectivity index (χ2n) is 9.44. The molecule has 1 amide bonds. The monoisotopic (exact) mass is 390 g/mol. The van der Waals surface area contributed by atoms with Crippen molar-refractivity contribution in [2.75, 3.05) is 23.3 Å². The van der Waals surface area contributed by atoms with E-state index in [0.717, 1.165) is 17.5 Å². The molecule has 0 spiro atoms. The van der Waals surface area contributed by atoms with Gasteiger partial charge in [-0.25, -0.2) is 4.39 Å². The Balaban J connectivity index is 1.43. The molecule has 4 heteroatoms. The lowest BCUT2D eigenvalue weighted by molar-refractivity contribution is 0.102. The van der Waals surface area contributed by atoms with Crippen molar-refractivity contribution < 1.29 is 9.18 Å². The van der Waals surface area contributed by atoms with Crippen molar-refractivity contribution in [3.8, 4) is 0 Å². The molecule has 4 unspecified atom stereocenters. The third-order valence-corrected chi connectivity index (χ3v) is 7.89. The summed E-state index contributed by atoms with van der Waals surface area (Å²) in [5.41, 5.74) is 5.29. The highest BCUT2D eigenvalue weighted by Crippen LogP contribution is 2.56. The number of hydrogen-bond donors (Lipinski definition) is 1. The van der Waals surface area contributed by atoms with E-state index in [9.17, 15) is 9.18 Å². The van der Waals surface area contributed by atoms with Gasteiger partial charge in [-0.1, -0.05) is 25.0 Å². The van der Waals surface area contributed by atoms with E-state index in [1.54, 1.807) is 18.2 Å². The van der Waals surface area contributed by atoms with Crippen molar-refractivity contribution in [2.45, 2.75) is 50.4 Å². The van der Waals surface area contributed by atoms with Crippen LogP contribution in [0.1, 0.15) is 71.8 Å². The van der Waals surface area contributed by atoms with Gasteiger partial charge in [-0.3, -0.25) is 4.79 Å². The summed E-state index contributed by atoms with van der Waals surface area (Å²) in [5.74, 6) is 1.88. The molecule has 0 radical (unpaired) electrons. The smallest absolute Gasteiger partial charge is 0.258 e. The van der Waals surface area contributed by atoms with Crippen molar-refractivity contribution in [3.63, 3.8) is 0 Å². The molecule has 2 aliphatic heterocycles. The van der Waals surface area contributed by atoms with Crippen LogP contribution in [-0.4, -0.2) is 19.0 Å². The molecular weight excluding hydrogens is 363 g/mol. The summed E-state index contributed by atoms with van der Waals surface area (Å²) < 4.78 is 14.1. The maximum Gasteiger partial charge on any atom is 0.258 e. The fourth-order valence-corrected chi connectivity index (χ4v) is 6.68. The van der Waals surface area contributed by atoms with Gasteiger partial charge in [0.15, 0.2) is 0 Å². The van der Waals surface area contributed by atoms with Crippen LogP contribution in [0.5, 0.6) is 0 Å². The number of carbonyl (C=O) groups excluding carboxylic acids is 1. The van der Waals surface area contributed by atoms with Gasteiger partial charge >= 0.3 is 0 Å². The first-order valence-corrected chi connectivity index (χ1v) is 11.2. The molecule has 2 aromatic rings. The normalized spacial score (nSPS) is 29.2. The highest BCUT2D eigenvalue weighted by atomic mass is 19.1. The molecule has 2 aliphatic carbocycles. The molecule has 4 atom stereocenters. The molecule has 0 saturated heterocycles. The fourth-order valence-electron chi connectivity index (χ4n) is 6.68. The van der Waals surface area contributed by atoms with Crippen molar-refractivity contribution in [1.82, 2.24) is 0 Å². The molecule has 2 heterocycles. The standard InChI is InChI=1S/C25H27FN2O/c26-23-10-2-1-7-20(23)25(29)27-17-11-21-18-8-3-5-15(18)13-28-14-16-6-4-9-19(16)22(12-17)24(21)28/h1-2,7,10-12,15-16,18-19H,3-6,8-9,13-14H2,(H,27,29). The molecule has 4 aliphatic rings. The summed E-state index contributed by atoms with van der Waals surface area (Å²) in [6.45, 7) is 2.41. The van der Waals surface area contributed by atoms with Crippen LogP contribution in [0, 0.1) is 17.7 Å². The molecule has 2 aromatic carbocycles. The van der Waals surface area contributed by atoms with Crippen LogP contribution in [0.15, 0.2) is 36.4 Å². The lowest BCUT2D eigenvalue weighted by atomic mass is 9.75. The van der Waals surface area contributed by atoms with Crippen LogP contribution in [0.2, 0.25) is 0 Å². The van der Waals surface area contributed by atoms with Gasteiger partial charge in [0, 0.05) is 24.5 Å². The minimum atomic E-state index is -0.470. The minimum absolute atomic E-state index is 0.109. The summed E-state index contributed by atoms with van der Waals surface area (Å²) >= 11 is 0. The molecule has 2 fully saturated rings.